The highest BCUT2D eigenvalue weighted by Gasteiger charge is 2.54. The molecular weight excluding hydrogens is 396 g/mol. The molecule has 2 aliphatic heterocycles. The third kappa shape index (κ3) is 2.67. The number of amides is 2. The van der Waals surface area contributed by atoms with E-state index in [0.717, 1.165) is 16.5 Å². The lowest BCUT2D eigenvalue weighted by atomic mass is 10.1. The molecule has 142 valence electrons. The molecular formula is C21H17ClN2O3S. The van der Waals surface area contributed by atoms with Crippen molar-refractivity contribution >= 4 is 49.6 Å². The number of hydrogen-bond donors (Lipinski definition) is 0. The van der Waals surface area contributed by atoms with Gasteiger partial charge in [0.15, 0.2) is 9.84 Å². The summed E-state index contributed by atoms with van der Waals surface area (Å²) in [6, 6.07) is 19.5. The van der Waals surface area contributed by atoms with E-state index < -0.39 is 21.9 Å². The van der Waals surface area contributed by atoms with E-state index in [9.17, 15) is 13.2 Å². The predicted molar refractivity (Wildman–Crippen MR) is 112 cm³/mol. The molecule has 28 heavy (non-hydrogen) atoms. The first-order valence-electron chi connectivity index (χ1n) is 9.01. The van der Waals surface area contributed by atoms with Crippen molar-refractivity contribution in [2.24, 2.45) is 0 Å². The van der Waals surface area contributed by atoms with Gasteiger partial charge in [0.25, 0.3) is 0 Å². The van der Waals surface area contributed by atoms with Gasteiger partial charge in [0.1, 0.15) is 0 Å². The number of halogens is 1. The van der Waals surface area contributed by atoms with E-state index >= 15 is 0 Å². The molecule has 0 aromatic heterocycles. The lowest BCUT2D eigenvalue weighted by Gasteiger charge is -2.24. The van der Waals surface area contributed by atoms with Crippen molar-refractivity contribution in [3.8, 4) is 0 Å². The molecule has 3 aromatic carbocycles. The number of fused-ring (bicyclic) bond motifs is 2. The predicted octanol–water partition coefficient (Wildman–Crippen LogP) is 4.11. The molecule has 5 rings (SSSR count). The summed E-state index contributed by atoms with van der Waals surface area (Å²) in [6.07, 6.45) is 0. The molecule has 2 amide bonds. The summed E-state index contributed by atoms with van der Waals surface area (Å²) in [5.41, 5.74) is 1.40. The lowest BCUT2D eigenvalue weighted by molar-refractivity contribution is 0.255. The van der Waals surface area contributed by atoms with E-state index in [2.05, 4.69) is 0 Å². The third-order valence-electron chi connectivity index (χ3n) is 5.50. The number of anilines is 2. The quantitative estimate of drug-likeness (QED) is 0.595. The summed E-state index contributed by atoms with van der Waals surface area (Å²) in [5.74, 6) is -0.0655. The van der Waals surface area contributed by atoms with Gasteiger partial charge in [-0.2, -0.15) is 0 Å². The van der Waals surface area contributed by atoms with Crippen LogP contribution in [0, 0.1) is 0 Å². The zero-order valence-corrected chi connectivity index (χ0v) is 16.4. The maximum Gasteiger partial charge on any atom is 0.329 e. The van der Waals surface area contributed by atoms with Gasteiger partial charge in [0, 0.05) is 16.1 Å². The van der Waals surface area contributed by atoms with Crippen molar-refractivity contribution in [3.05, 3.63) is 71.8 Å². The molecule has 0 unspecified atom stereocenters. The van der Waals surface area contributed by atoms with Crippen molar-refractivity contribution in [3.63, 3.8) is 0 Å². The summed E-state index contributed by atoms with van der Waals surface area (Å²) >= 11 is 5.99. The zero-order chi connectivity index (χ0) is 19.5. The minimum absolute atomic E-state index is 0.0310. The van der Waals surface area contributed by atoms with E-state index in [1.807, 2.05) is 42.5 Å². The molecule has 2 saturated heterocycles. The van der Waals surface area contributed by atoms with Crippen LogP contribution in [-0.4, -0.2) is 38.0 Å². The summed E-state index contributed by atoms with van der Waals surface area (Å²) in [7, 11) is -3.23. The van der Waals surface area contributed by atoms with Crippen LogP contribution in [0.4, 0.5) is 16.2 Å². The summed E-state index contributed by atoms with van der Waals surface area (Å²) in [5, 5.41) is 2.51. The Morgan fingerprint density at radius 2 is 1.46 bits per heavy atom. The van der Waals surface area contributed by atoms with E-state index in [-0.39, 0.29) is 17.5 Å². The van der Waals surface area contributed by atoms with Crippen LogP contribution in [0.25, 0.3) is 10.8 Å². The summed E-state index contributed by atoms with van der Waals surface area (Å²) in [4.78, 5) is 16.7. The Bertz CT molecular complexity index is 1190. The molecule has 0 radical (unpaired) electrons. The standard InChI is InChI=1S/C21H17ClN2O3S/c22-15-8-10-16(11-9-15)23-19-12-28(26,27)13-20(19)24(21(23)25)18-7-3-5-14-4-1-2-6-17(14)18/h1-11,19-20H,12-13H2/t19-,20-/m0/s1. The van der Waals surface area contributed by atoms with Crippen LogP contribution in [0.5, 0.6) is 0 Å². The fourth-order valence-corrected chi connectivity index (χ4v) is 6.35. The molecule has 5 nitrogen and oxygen atoms in total. The van der Waals surface area contributed by atoms with Crippen LogP contribution in [0.15, 0.2) is 66.7 Å². The first kappa shape index (κ1) is 17.5. The van der Waals surface area contributed by atoms with Gasteiger partial charge in [-0.15, -0.1) is 0 Å². The van der Waals surface area contributed by atoms with Gasteiger partial charge >= 0.3 is 6.03 Å². The fourth-order valence-electron chi connectivity index (χ4n) is 4.31. The minimum Gasteiger partial charge on any atom is -0.288 e. The Morgan fingerprint density at radius 1 is 0.821 bits per heavy atom. The molecule has 0 N–H and O–H groups in total. The summed E-state index contributed by atoms with van der Waals surface area (Å²) in [6.45, 7) is 0. The molecule has 3 aromatic rings. The Kier molecular flexibility index (Phi) is 3.89. The molecule has 2 atom stereocenters. The minimum atomic E-state index is -3.23. The Labute approximate surface area is 168 Å². The highest BCUT2D eigenvalue weighted by atomic mass is 35.5. The fraction of sp³-hybridized carbons (Fsp3) is 0.190. The normalized spacial score (nSPS) is 23.4. The number of urea groups is 1. The van der Waals surface area contributed by atoms with Crippen LogP contribution in [0.3, 0.4) is 0 Å². The molecule has 0 aliphatic carbocycles. The van der Waals surface area contributed by atoms with Gasteiger partial charge in [-0.1, -0.05) is 48.0 Å². The first-order chi connectivity index (χ1) is 13.4. The molecule has 0 spiro atoms. The smallest absolute Gasteiger partial charge is 0.288 e. The monoisotopic (exact) mass is 412 g/mol. The second-order valence-corrected chi connectivity index (χ2v) is 9.80. The van der Waals surface area contributed by atoms with Gasteiger partial charge in [-0.25, -0.2) is 13.2 Å². The average molecular weight is 413 g/mol. The number of carbonyl (C=O) groups is 1. The van der Waals surface area contributed by atoms with E-state index in [0.29, 0.717) is 10.7 Å². The molecule has 7 heteroatoms. The topological polar surface area (TPSA) is 57.7 Å². The van der Waals surface area contributed by atoms with Crippen LogP contribution in [0.2, 0.25) is 5.02 Å². The van der Waals surface area contributed by atoms with Crippen molar-refractivity contribution in [1.29, 1.82) is 0 Å². The molecule has 0 bridgehead atoms. The number of rotatable bonds is 2. The van der Waals surface area contributed by atoms with Gasteiger partial charge < -0.3 is 0 Å². The maximum absolute atomic E-state index is 13.5. The number of hydrogen-bond acceptors (Lipinski definition) is 3. The third-order valence-corrected chi connectivity index (χ3v) is 7.45. The van der Waals surface area contributed by atoms with Gasteiger partial charge in [0.2, 0.25) is 0 Å². The van der Waals surface area contributed by atoms with Crippen molar-refractivity contribution in [2.45, 2.75) is 12.1 Å². The van der Waals surface area contributed by atoms with E-state index in [4.69, 9.17) is 11.6 Å². The number of benzene rings is 3. The number of sulfone groups is 1. The van der Waals surface area contributed by atoms with E-state index in [1.165, 1.54) is 0 Å². The van der Waals surface area contributed by atoms with Crippen molar-refractivity contribution < 1.29 is 13.2 Å². The lowest BCUT2D eigenvalue weighted by Crippen LogP contribution is -2.38. The molecule has 2 fully saturated rings. The molecule has 0 saturated carbocycles. The van der Waals surface area contributed by atoms with Gasteiger partial charge in [0.05, 0.1) is 29.3 Å². The van der Waals surface area contributed by atoms with Crippen LogP contribution >= 0.6 is 11.6 Å². The van der Waals surface area contributed by atoms with Crippen molar-refractivity contribution in [1.82, 2.24) is 0 Å². The summed E-state index contributed by atoms with van der Waals surface area (Å²) < 4.78 is 24.9. The van der Waals surface area contributed by atoms with Crippen LogP contribution in [0.1, 0.15) is 0 Å². The van der Waals surface area contributed by atoms with Gasteiger partial charge in [-0.05, 0) is 35.7 Å². The first-order valence-corrected chi connectivity index (χ1v) is 11.2. The van der Waals surface area contributed by atoms with E-state index in [1.54, 1.807) is 34.1 Å². The molecule has 2 aliphatic rings. The van der Waals surface area contributed by atoms with Crippen LogP contribution in [-0.2, 0) is 9.84 Å². The maximum atomic E-state index is 13.5. The highest BCUT2D eigenvalue weighted by molar-refractivity contribution is 7.91. The van der Waals surface area contributed by atoms with Gasteiger partial charge in [-0.3, -0.25) is 9.80 Å². The SMILES string of the molecule is O=C1N(c2ccc(Cl)cc2)[C@H]2CS(=O)(=O)C[C@@H]2N1c1cccc2ccccc12. The Balaban J connectivity index is 1.67. The number of carbonyl (C=O) groups excluding carboxylic acids is 1. The molecule has 2 heterocycles. The van der Waals surface area contributed by atoms with Crippen molar-refractivity contribution in [2.75, 3.05) is 21.3 Å². The Morgan fingerprint density at radius 3 is 2.21 bits per heavy atom. The number of nitrogens with zero attached hydrogens (tertiary/aromatic N) is 2. The highest BCUT2D eigenvalue weighted by Crippen LogP contribution is 2.40. The zero-order valence-electron chi connectivity index (χ0n) is 14.8. The second-order valence-electron chi connectivity index (χ2n) is 7.21. The Hall–Kier alpha value is -2.57. The second kappa shape index (κ2) is 6.22. The largest absolute Gasteiger partial charge is 0.329 e. The average Bonchev–Trinajstić information content (AvgIpc) is 3.11. The van der Waals surface area contributed by atoms with Crippen LogP contribution < -0.4 is 9.80 Å².